The van der Waals surface area contributed by atoms with E-state index in [4.69, 9.17) is 39.2 Å². The molecular formula is C25H24F9N5O8. The zero-order chi connectivity index (χ0) is 36.0. The van der Waals surface area contributed by atoms with Crippen LogP contribution in [0.25, 0.3) is 0 Å². The van der Waals surface area contributed by atoms with Crippen molar-refractivity contribution < 1.29 is 78.7 Å². The van der Waals surface area contributed by atoms with Gasteiger partial charge in [0, 0.05) is 49.9 Å². The standard InChI is InChI=1S/C19H21N5O2.3C2HF3O2/c1-25-19-15(5-4-9-21-19)11-23-12-16-7-10-22-24(16)17(13-23)14-26-18-6-2-3-8-20-18;3*3-2(4,5)1(6)7/h2-10,17H,11-14H2,1H3;3*(H,6,7). The maximum atomic E-state index is 10.6. The molecular weight excluding hydrogens is 669 g/mol. The average molecular weight is 693 g/mol. The SMILES string of the molecule is COc1ncccc1CN1Cc2ccnn2C(COc2ccccn2)C1.O=C(O)C(F)(F)F.O=C(O)C(F)(F)F.O=C(O)C(F)(F)F. The molecule has 0 aromatic carbocycles. The van der Waals surface area contributed by atoms with Crippen LogP contribution in [0, 0.1) is 0 Å². The third kappa shape index (κ3) is 14.7. The van der Waals surface area contributed by atoms with Gasteiger partial charge in [0.25, 0.3) is 0 Å². The molecule has 22 heteroatoms. The summed E-state index contributed by atoms with van der Waals surface area (Å²) >= 11 is 0. The number of fused-ring (bicyclic) bond motifs is 1. The van der Waals surface area contributed by atoms with Crippen LogP contribution in [0.3, 0.4) is 0 Å². The van der Waals surface area contributed by atoms with Crippen molar-refractivity contribution >= 4 is 17.9 Å². The highest BCUT2D eigenvalue weighted by molar-refractivity contribution is 5.73. The lowest BCUT2D eigenvalue weighted by atomic mass is 10.1. The van der Waals surface area contributed by atoms with Crippen molar-refractivity contribution in [3.05, 3.63) is 66.2 Å². The number of halogens is 9. The van der Waals surface area contributed by atoms with E-state index in [1.165, 1.54) is 5.69 Å². The van der Waals surface area contributed by atoms with E-state index in [1.54, 1.807) is 19.5 Å². The summed E-state index contributed by atoms with van der Waals surface area (Å²) in [5.74, 6) is -6.97. The van der Waals surface area contributed by atoms with Crippen molar-refractivity contribution in [1.29, 1.82) is 0 Å². The normalized spacial score (nSPS) is 14.4. The van der Waals surface area contributed by atoms with E-state index >= 15 is 0 Å². The maximum Gasteiger partial charge on any atom is 0.490 e. The monoisotopic (exact) mass is 693 g/mol. The Bertz CT molecular complexity index is 1380. The van der Waals surface area contributed by atoms with E-state index in [0.29, 0.717) is 18.4 Å². The van der Waals surface area contributed by atoms with Crippen LogP contribution in [-0.4, -0.2) is 96.7 Å². The fourth-order valence-electron chi connectivity index (χ4n) is 3.29. The summed E-state index contributed by atoms with van der Waals surface area (Å²) in [5, 5.41) is 25.9. The van der Waals surface area contributed by atoms with Crippen LogP contribution in [0.2, 0.25) is 0 Å². The van der Waals surface area contributed by atoms with Gasteiger partial charge in [-0.3, -0.25) is 9.58 Å². The molecule has 4 rings (SSSR count). The van der Waals surface area contributed by atoms with Crippen LogP contribution in [0.4, 0.5) is 39.5 Å². The van der Waals surface area contributed by atoms with Gasteiger partial charge in [-0.05, 0) is 18.2 Å². The molecule has 0 spiro atoms. The van der Waals surface area contributed by atoms with Gasteiger partial charge in [-0.25, -0.2) is 24.4 Å². The number of carbonyl (C=O) groups is 3. The van der Waals surface area contributed by atoms with E-state index in [9.17, 15) is 39.5 Å². The summed E-state index contributed by atoms with van der Waals surface area (Å²) in [6, 6.07) is 11.8. The van der Waals surface area contributed by atoms with Crippen molar-refractivity contribution in [2.45, 2.75) is 37.7 Å². The minimum atomic E-state index is -5.08. The quantitative estimate of drug-likeness (QED) is 0.314. The van der Waals surface area contributed by atoms with E-state index in [-0.39, 0.29) is 6.04 Å². The van der Waals surface area contributed by atoms with Gasteiger partial charge in [-0.2, -0.15) is 44.6 Å². The summed E-state index contributed by atoms with van der Waals surface area (Å²) in [5.41, 5.74) is 2.25. The van der Waals surface area contributed by atoms with Crippen LogP contribution >= 0.6 is 0 Å². The smallest absolute Gasteiger partial charge is 0.481 e. The fourth-order valence-corrected chi connectivity index (χ4v) is 3.29. The number of aliphatic carboxylic acids is 3. The van der Waals surface area contributed by atoms with Gasteiger partial charge in [0.1, 0.15) is 6.61 Å². The lowest BCUT2D eigenvalue weighted by Gasteiger charge is -2.33. The van der Waals surface area contributed by atoms with Gasteiger partial charge in [-0.15, -0.1) is 0 Å². The highest BCUT2D eigenvalue weighted by Gasteiger charge is 2.39. The molecule has 13 nitrogen and oxygen atoms in total. The Morgan fingerprint density at radius 1 is 0.809 bits per heavy atom. The van der Waals surface area contributed by atoms with Crippen LogP contribution < -0.4 is 9.47 Å². The minimum Gasteiger partial charge on any atom is -0.481 e. The summed E-state index contributed by atoms with van der Waals surface area (Å²) in [6.07, 6.45) is -9.93. The number of methoxy groups -OCH3 is 1. The van der Waals surface area contributed by atoms with Crippen molar-refractivity contribution in [3.63, 3.8) is 0 Å². The van der Waals surface area contributed by atoms with Crippen molar-refractivity contribution in [2.24, 2.45) is 0 Å². The molecule has 0 amide bonds. The minimum absolute atomic E-state index is 0.124. The molecule has 1 aliphatic heterocycles. The number of rotatable bonds is 6. The highest BCUT2D eigenvalue weighted by atomic mass is 19.4. The van der Waals surface area contributed by atoms with Crippen LogP contribution in [0.5, 0.6) is 11.8 Å². The van der Waals surface area contributed by atoms with Gasteiger partial charge in [0.15, 0.2) is 0 Å². The predicted molar refractivity (Wildman–Crippen MR) is 137 cm³/mol. The average Bonchev–Trinajstić information content (AvgIpc) is 3.45. The topological polar surface area (TPSA) is 177 Å². The molecule has 3 N–H and O–H groups in total. The van der Waals surface area contributed by atoms with Gasteiger partial charge >= 0.3 is 36.4 Å². The zero-order valence-electron chi connectivity index (χ0n) is 23.6. The van der Waals surface area contributed by atoms with Gasteiger partial charge in [0.2, 0.25) is 11.8 Å². The van der Waals surface area contributed by atoms with E-state index in [0.717, 1.165) is 25.2 Å². The summed E-state index contributed by atoms with van der Waals surface area (Å²) in [6.45, 7) is 2.95. The second-order valence-electron chi connectivity index (χ2n) is 8.65. The van der Waals surface area contributed by atoms with Crippen molar-refractivity contribution in [2.75, 3.05) is 20.3 Å². The second kappa shape index (κ2) is 17.5. The van der Waals surface area contributed by atoms with Gasteiger partial charge in [0.05, 0.1) is 18.8 Å². The first-order valence-corrected chi connectivity index (χ1v) is 12.3. The van der Waals surface area contributed by atoms with Crippen molar-refractivity contribution in [3.8, 4) is 11.8 Å². The number of pyridine rings is 2. The lowest BCUT2D eigenvalue weighted by Crippen LogP contribution is -2.39. The van der Waals surface area contributed by atoms with E-state index in [1.807, 2.05) is 30.5 Å². The van der Waals surface area contributed by atoms with Gasteiger partial charge in [-0.1, -0.05) is 12.1 Å². The number of carboxylic acids is 3. The molecule has 0 aliphatic carbocycles. The Labute approximate surface area is 257 Å². The third-order valence-electron chi connectivity index (χ3n) is 5.18. The largest absolute Gasteiger partial charge is 0.490 e. The molecule has 260 valence electrons. The fraction of sp³-hybridized carbons (Fsp3) is 0.360. The molecule has 1 aliphatic rings. The number of nitrogens with zero attached hydrogens (tertiary/aromatic N) is 5. The highest BCUT2D eigenvalue weighted by Crippen LogP contribution is 2.25. The summed E-state index contributed by atoms with van der Waals surface area (Å²) in [4.78, 5) is 37.6. The van der Waals surface area contributed by atoms with Crippen molar-refractivity contribution in [1.82, 2.24) is 24.6 Å². The van der Waals surface area contributed by atoms with Crippen LogP contribution in [0.1, 0.15) is 17.3 Å². The summed E-state index contributed by atoms with van der Waals surface area (Å²) in [7, 11) is 1.65. The third-order valence-corrected chi connectivity index (χ3v) is 5.18. The maximum absolute atomic E-state index is 10.6. The molecule has 0 saturated carbocycles. The van der Waals surface area contributed by atoms with Crippen LogP contribution in [0.15, 0.2) is 55.0 Å². The molecule has 0 saturated heterocycles. The molecule has 1 unspecified atom stereocenters. The molecule has 4 heterocycles. The number of ether oxygens (including phenoxy) is 2. The van der Waals surface area contributed by atoms with E-state index in [2.05, 4.69) is 36.8 Å². The predicted octanol–water partition coefficient (Wildman–Crippen LogP) is 4.22. The molecule has 47 heavy (non-hydrogen) atoms. The molecule has 0 fully saturated rings. The molecule has 3 aromatic heterocycles. The Kier molecular flexibility index (Phi) is 14.9. The first-order valence-electron chi connectivity index (χ1n) is 12.3. The molecule has 1 atom stereocenters. The number of aromatic nitrogens is 4. The van der Waals surface area contributed by atoms with Gasteiger partial charge < -0.3 is 24.8 Å². The molecule has 0 bridgehead atoms. The Balaban J connectivity index is 0.000000430. The second-order valence-corrected chi connectivity index (χ2v) is 8.65. The zero-order valence-corrected chi connectivity index (χ0v) is 23.6. The number of carboxylic acid groups (broad SMARTS) is 3. The Morgan fingerprint density at radius 2 is 1.34 bits per heavy atom. The Hall–Kier alpha value is -5.15. The number of hydrogen-bond donors (Lipinski definition) is 3. The van der Waals surface area contributed by atoms with E-state index < -0.39 is 36.4 Å². The van der Waals surface area contributed by atoms with Crippen LogP contribution in [-0.2, 0) is 27.5 Å². The Morgan fingerprint density at radius 3 is 1.81 bits per heavy atom. The number of alkyl halides is 9. The molecule has 0 radical (unpaired) electrons. The first kappa shape index (κ1) is 39.9. The number of hydrogen-bond acceptors (Lipinski definition) is 9. The first-order chi connectivity index (χ1) is 21.7. The summed E-state index contributed by atoms with van der Waals surface area (Å²) < 4.78 is 109. The molecule has 3 aromatic rings. The lowest BCUT2D eigenvalue weighted by molar-refractivity contribution is -0.193.